The van der Waals surface area contributed by atoms with Crippen LogP contribution >= 0.6 is 0 Å². The Labute approximate surface area is 190 Å². The minimum atomic E-state index is -0.498. The monoisotopic (exact) mass is 442 g/mol. The fourth-order valence-corrected chi connectivity index (χ4v) is 4.47. The van der Waals surface area contributed by atoms with E-state index in [1.54, 1.807) is 11.1 Å². The molecule has 6 nitrogen and oxygen atoms in total. The Morgan fingerprint density at radius 3 is 2.88 bits per heavy atom. The smallest absolute Gasteiger partial charge is 0.246 e. The van der Waals surface area contributed by atoms with Crippen LogP contribution in [-0.2, 0) is 4.79 Å². The number of pyridine rings is 2. The average Bonchev–Trinajstić information content (AvgIpc) is 3.47. The van der Waals surface area contributed by atoms with Crippen LogP contribution in [0, 0.1) is 5.82 Å². The maximum atomic E-state index is 15.3. The quantitative estimate of drug-likeness (QED) is 0.427. The molecule has 0 saturated carbocycles. The molecule has 1 fully saturated rings. The first kappa shape index (κ1) is 20.9. The SMILES string of the molecule is C=CC(=O)N1CCCC1COc1cncc(F)c1-c1[nH]c2cccnc2c1-c1ccccc1. The molecule has 4 heterocycles. The highest BCUT2D eigenvalue weighted by Gasteiger charge is 2.29. The van der Waals surface area contributed by atoms with Crippen molar-refractivity contribution in [3.8, 4) is 28.1 Å². The van der Waals surface area contributed by atoms with Crippen molar-refractivity contribution in [3.63, 3.8) is 0 Å². The normalized spacial score (nSPS) is 15.7. The van der Waals surface area contributed by atoms with E-state index in [1.165, 1.54) is 18.5 Å². The van der Waals surface area contributed by atoms with Gasteiger partial charge >= 0.3 is 0 Å². The molecular formula is C26H23FN4O2. The Kier molecular flexibility index (Phi) is 5.60. The van der Waals surface area contributed by atoms with E-state index in [9.17, 15) is 4.79 Å². The second kappa shape index (κ2) is 8.86. The van der Waals surface area contributed by atoms with E-state index in [4.69, 9.17) is 4.74 Å². The number of aromatic amines is 1. The van der Waals surface area contributed by atoms with Crippen molar-refractivity contribution >= 4 is 16.9 Å². The van der Waals surface area contributed by atoms with Gasteiger partial charge < -0.3 is 14.6 Å². The van der Waals surface area contributed by atoms with Gasteiger partial charge in [0.05, 0.1) is 40.7 Å². The van der Waals surface area contributed by atoms with Crippen molar-refractivity contribution in [2.75, 3.05) is 13.2 Å². The Bertz CT molecular complexity index is 1320. The molecule has 1 saturated heterocycles. The number of H-pyrrole nitrogens is 1. The van der Waals surface area contributed by atoms with E-state index >= 15 is 4.39 Å². The van der Waals surface area contributed by atoms with Crippen LogP contribution in [0.2, 0.25) is 0 Å². The number of likely N-dealkylation sites (tertiary alicyclic amines) is 1. The first-order valence-corrected chi connectivity index (χ1v) is 10.9. The van der Waals surface area contributed by atoms with Gasteiger partial charge in [0.15, 0.2) is 5.82 Å². The summed E-state index contributed by atoms with van der Waals surface area (Å²) in [5, 5.41) is 0. The summed E-state index contributed by atoms with van der Waals surface area (Å²) in [4.78, 5) is 25.8. The number of fused-ring (bicyclic) bond motifs is 1. The molecule has 1 aliphatic rings. The number of carbonyl (C=O) groups excluding carboxylic acids is 1. The average molecular weight is 442 g/mol. The van der Waals surface area contributed by atoms with E-state index in [1.807, 2.05) is 42.5 Å². The third kappa shape index (κ3) is 3.86. The maximum absolute atomic E-state index is 15.3. The summed E-state index contributed by atoms with van der Waals surface area (Å²) >= 11 is 0. The third-order valence-electron chi connectivity index (χ3n) is 6.00. The molecule has 1 atom stereocenters. The summed E-state index contributed by atoms with van der Waals surface area (Å²) in [5.41, 5.74) is 4.13. The van der Waals surface area contributed by atoms with Crippen LogP contribution in [0.5, 0.6) is 5.75 Å². The van der Waals surface area contributed by atoms with Crippen LogP contribution in [0.4, 0.5) is 4.39 Å². The first-order chi connectivity index (χ1) is 16.2. The molecule has 7 heteroatoms. The molecule has 1 N–H and O–H groups in total. The molecule has 1 aromatic carbocycles. The predicted octanol–water partition coefficient (Wildman–Crippen LogP) is 4.99. The van der Waals surface area contributed by atoms with E-state index in [0.29, 0.717) is 23.6 Å². The molecule has 33 heavy (non-hydrogen) atoms. The lowest BCUT2D eigenvalue weighted by molar-refractivity contribution is -0.127. The standard InChI is InChI=1S/C26H23FN4O2/c1-2-22(32)31-13-7-10-18(31)16-33-21-15-28-14-19(27)24(21)26-23(17-8-4-3-5-9-17)25-20(30-26)11-6-12-29-25/h2-6,8-9,11-12,14-15,18,30H,1,7,10,13,16H2. The van der Waals surface area contributed by atoms with E-state index < -0.39 is 5.82 Å². The highest BCUT2D eigenvalue weighted by atomic mass is 19.1. The summed E-state index contributed by atoms with van der Waals surface area (Å²) in [6, 6.07) is 13.4. The van der Waals surface area contributed by atoms with Gasteiger partial charge in [-0.25, -0.2) is 4.39 Å². The number of halogens is 1. The van der Waals surface area contributed by atoms with Gasteiger partial charge in [-0.2, -0.15) is 0 Å². The number of nitrogens with one attached hydrogen (secondary N) is 1. The number of aromatic nitrogens is 3. The Balaban J connectivity index is 1.58. The molecule has 1 amide bonds. The minimum Gasteiger partial charge on any atom is -0.489 e. The number of benzene rings is 1. The van der Waals surface area contributed by atoms with Crippen molar-refractivity contribution in [3.05, 3.63) is 79.5 Å². The van der Waals surface area contributed by atoms with Gasteiger partial charge in [0.25, 0.3) is 0 Å². The van der Waals surface area contributed by atoms with Gasteiger partial charge in [0, 0.05) is 18.3 Å². The van der Waals surface area contributed by atoms with Crippen LogP contribution in [0.3, 0.4) is 0 Å². The Morgan fingerprint density at radius 2 is 2.06 bits per heavy atom. The first-order valence-electron chi connectivity index (χ1n) is 10.9. The zero-order valence-electron chi connectivity index (χ0n) is 18.0. The van der Waals surface area contributed by atoms with Crippen LogP contribution in [0.25, 0.3) is 33.4 Å². The van der Waals surface area contributed by atoms with Gasteiger partial charge in [-0.3, -0.25) is 14.8 Å². The second-order valence-electron chi connectivity index (χ2n) is 7.98. The molecular weight excluding hydrogens is 419 g/mol. The number of nitrogens with zero attached hydrogens (tertiary/aromatic N) is 3. The lowest BCUT2D eigenvalue weighted by Crippen LogP contribution is -2.38. The summed E-state index contributed by atoms with van der Waals surface area (Å²) in [5.74, 6) is -0.301. The van der Waals surface area contributed by atoms with Crippen molar-refractivity contribution in [2.45, 2.75) is 18.9 Å². The number of carbonyl (C=O) groups is 1. The second-order valence-corrected chi connectivity index (χ2v) is 7.98. The van der Waals surface area contributed by atoms with Crippen LogP contribution in [-0.4, -0.2) is 45.0 Å². The fourth-order valence-electron chi connectivity index (χ4n) is 4.47. The molecule has 1 unspecified atom stereocenters. The van der Waals surface area contributed by atoms with Gasteiger partial charge in [0.2, 0.25) is 5.91 Å². The van der Waals surface area contributed by atoms with Crippen molar-refractivity contribution in [2.24, 2.45) is 0 Å². The highest BCUT2D eigenvalue weighted by molar-refractivity contribution is 6.02. The molecule has 0 aliphatic carbocycles. The molecule has 0 bridgehead atoms. The molecule has 0 radical (unpaired) electrons. The summed E-state index contributed by atoms with van der Waals surface area (Å²) in [7, 11) is 0. The number of ether oxygens (including phenoxy) is 1. The maximum Gasteiger partial charge on any atom is 0.246 e. The predicted molar refractivity (Wildman–Crippen MR) is 125 cm³/mol. The third-order valence-corrected chi connectivity index (χ3v) is 6.00. The minimum absolute atomic E-state index is 0.0930. The van der Waals surface area contributed by atoms with Gasteiger partial charge in [-0.15, -0.1) is 0 Å². The van der Waals surface area contributed by atoms with Gasteiger partial charge in [-0.1, -0.05) is 36.9 Å². The topological polar surface area (TPSA) is 71.1 Å². The summed E-state index contributed by atoms with van der Waals surface area (Å²) in [6.45, 7) is 4.49. The lowest BCUT2D eigenvalue weighted by Gasteiger charge is -2.24. The number of hydrogen-bond donors (Lipinski definition) is 1. The van der Waals surface area contributed by atoms with Crippen molar-refractivity contribution in [1.82, 2.24) is 19.9 Å². The molecule has 5 rings (SSSR count). The van der Waals surface area contributed by atoms with Crippen LogP contribution in [0.15, 0.2) is 73.7 Å². The van der Waals surface area contributed by atoms with E-state index in [2.05, 4.69) is 21.5 Å². The van der Waals surface area contributed by atoms with Crippen LogP contribution in [0.1, 0.15) is 12.8 Å². The molecule has 0 spiro atoms. The van der Waals surface area contributed by atoms with Gasteiger partial charge in [0.1, 0.15) is 12.4 Å². The highest BCUT2D eigenvalue weighted by Crippen LogP contribution is 2.41. The Morgan fingerprint density at radius 1 is 1.21 bits per heavy atom. The lowest BCUT2D eigenvalue weighted by atomic mass is 10.0. The van der Waals surface area contributed by atoms with E-state index in [-0.39, 0.29) is 18.6 Å². The number of hydrogen-bond acceptors (Lipinski definition) is 4. The molecule has 166 valence electrons. The molecule has 3 aromatic heterocycles. The molecule has 1 aliphatic heterocycles. The number of rotatable bonds is 6. The van der Waals surface area contributed by atoms with Crippen LogP contribution < -0.4 is 4.74 Å². The van der Waals surface area contributed by atoms with Crippen molar-refractivity contribution < 1.29 is 13.9 Å². The van der Waals surface area contributed by atoms with Crippen molar-refractivity contribution in [1.29, 1.82) is 0 Å². The zero-order chi connectivity index (χ0) is 22.8. The summed E-state index contributed by atoms with van der Waals surface area (Å²) in [6.07, 6.45) is 7.45. The van der Waals surface area contributed by atoms with Gasteiger partial charge in [-0.05, 0) is 36.6 Å². The largest absolute Gasteiger partial charge is 0.489 e. The zero-order valence-corrected chi connectivity index (χ0v) is 18.0. The summed E-state index contributed by atoms with van der Waals surface area (Å²) < 4.78 is 21.4. The fraction of sp³-hybridized carbons (Fsp3) is 0.192. The molecule has 4 aromatic rings. The Hall–Kier alpha value is -4.00. The van der Waals surface area contributed by atoms with E-state index in [0.717, 1.165) is 35.0 Å². The number of amides is 1.